The molecule has 32 heavy (non-hydrogen) atoms. The Kier molecular flexibility index (Phi) is 6.83. The van der Waals surface area contributed by atoms with Crippen molar-refractivity contribution in [2.45, 2.75) is 51.7 Å². The van der Waals surface area contributed by atoms with E-state index in [4.69, 9.17) is 4.74 Å². The Labute approximate surface area is 188 Å². The first-order chi connectivity index (χ1) is 15.5. The average Bonchev–Trinajstić information content (AvgIpc) is 3.07. The Hall–Kier alpha value is -3.22. The highest BCUT2D eigenvalue weighted by molar-refractivity contribution is 6.05. The maximum atomic E-state index is 12.5. The van der Waals surface area contributed by atoms with Crippen LogP contribution < -0.4 is 10.1 Å². The summed E-state index contributed by atoms with van der Waals surface area (Å²) in [5.74, 6) is 0.0348. The van der Waals surface area contributed by atoms with Crippen molar-refractivity contribution in [1.82, 2.24) is 15.2 Å². The van der Waals surface area contributed by atoms with Gasteiger partial charge in [-0.2, -0.15) is 0 Å². The number of hydrogen-bond donors (Lipinski definition) is 1. The summed E-state index contributed by atoms with van der Waals surface area (Å²) in [6.45, 7) is 2.50. The van der Waals surface area contributed by atoms with Gasteiger partial charge in [-0.3, -0.25) is 24.3 Å². The lowest BCUT2D eigenvalue weighted by Crippen LogP contribution is -2.36. The lowest BCUT2D eigenvalue weighted by Gasteiger charge is -2.19. The molecule has 1 saturated heterocycles. The van der Waals surface area contributed by atoms with Gasteiger partial charge in [0.05, 0.1) is 17.9 Å². The fourth-order valence-corrected chi connectivity index (χ4v) is 4.56. The normalized spacial score (nSPS) is 21.2. The first-order valence-electron chi connectivity index (χ1n) is 11.3. The van der Waals surface area contributed by atoms with Gasteiger partial charge in [-0.25, -0.2) is 0 Å². The molecule has 0 radical (unpaired) electrons. The number of likely N-dealkylation sites (tertiary alicyclic amines) is 1. The molecule has 3 amide bonds. The van der Waals surface area contributed by atoms with Gasteiger partial charge in [0.25, 0.3) is 0 Å². The second kappa shape index (κ2) is 9.94. The lowest BCUT2D eigenvalue weighted by atomic mass is 9.81. The number of amides is 3. The molecule has 168 valence electrons. The number of hydrogen-bond acceptors (Lipinski definition) is 5. The molecule has 1 saturated carbocycles. The van der Waals surface area contributed by atoms with Crippen molar-refractivity contribution in [2.24, 2.45) is 11.8 Å². The minimum atomic E-state index is -0.192. The summed E-state index contributed by atoms with van der Waals surface area (Å²) in [7, 11) is 0. The van der Waals surface area contributed by atoms with E-state index in [1.807, 2.05) is 43.3 Å². The van der Waals surface area contributed by atoms with Crippen molar-refractivity contribution in [1.29, 1.82) is 0 Å². The quantitative estimate of drug-likeness (QED) is 0.642. The number of carbonyl (C=O) groups is 3. The van der Waals surface area contributed by atoms with Gasteiger partial charge in [-0.15, -0.1) is 0 Å². The minimum absolute atomic E-state index is 0.0950. The molecule has 0 bridgehead atoms. The highest BCUT2D eigenvalue weighted by atomic mass is 16.5. The molecule has 2 fully saturated rings. The summed E-state index contributed by atoms with van der Waals surface area (Å²) in [4.78, 5) is 42.9. The molecule has 3 atom stereocenters. The van der Waals surface area contributed by atoms with Crippen molar-refractivity contribution in [2.75, 3.05) is 6.54 Å². The van der Waals surface area contributed by atoms with Crippen LogP contribution in [0.15, 0.2) is 48.8 Å². The van der Waals surface area contributed by atoms with E-state index in [1.54, 1.807) is 12.4 Å². The van der Waals surface area contributed by atoms with E-state index in [9.17, 15) is 14.4 Å². The largest absolute Gasteiger partial charge is 0.489 e. The fourth-order valence-electron chi connectivity index (χ4n) is 4.56. The molecule has 3 unspecified atom stereocenters. The van der Waals surface area contributed by atoms with E-state index in [2.05, 4.69) is 10.3 Å². The van der Waals surface area contributed by atoms with Crippen LogP contribution in [0.5, 0.6) is 5.75 Å². The summed E-state index contributed by atoms with van der Waals surface area (Å²) < 4.78 is 5.77. The Morgan fingerprint density at radius 3 is 2.44 bits per heavy atom. The van der Waals surface area contributed by atoms with Crippen LogP contribution in [0.4, 0.5) is 0 Å². The number of ether oxygens (including phenoxy) is 1. The molecule has 4 rings (SSSR count). The number of aromatic nitrogens is 1. The Morgan fingerprint density at radius 1 is 1.12 bits per heavy atom. The Morgan fingerprint density at radius 2 is 1.81 bits per heavy atom. The van der Waals surface area contributed by atoms with Crippen molar-refractivity contribution < 1.29 is 19.1 Å². The second-order valence-corrected chi connectivity index (χ2v) is 8.58. The van der Waals surface area contributed by atoms with Crippen LogP contribution in [-0.4, -0.2) is 34.2 Å². The van der Waals surface area contributed by atoms with Crippen LogP contribution in [0.3, 0.4) is 0 Å². The van der Waals surface area contributed by atoms with Crippen LogP contribution in [0.2, 0.25) is 0 Å². The molecule has 1 aliphatic carbocycles. The predicted octanol–water partition coefficient (Wildman–Crippen LogP) is 3.40. The van der Waals surface area contributed by atoms with Crippen LogP contribution in [0.1, 0.15) is 56.2 Å². The summed E-state index contributed by atoms with van der Waals surface area (Å²) in [5.41, 5.74) is 1.94. The molecule has 7 heteroatoms. The number of rotatable bonds is 8. The molecule has 1 aromatic heterocycles. The SMILES string of the molecule is CC(NC(=O)CCN1C(=O)C2CCCCC2C1=O)c1ccc(OCc2cccnc2)cc1. The van der Waals surface area contributed by atoms with Gasteiger partial charge >= 0.3 is 0 Å². The zero-order valence-corrected chi connectivity index (χ0v) is 18.3. The fraction of sp³-hybridized carbons (Fsp3) is 0.440. The molecular weight excluding hydrogens is 406 g/mol. The zero-order chi connectivity index (χ0) is 22.5. The van der Waals surface area contributed by atoms with Gasteiger partial charge in [0, 0.05) is 30.9 Å². The summed E-state index contributed by atoms with van der Waals surface area (Å²) in [6.07, 6.45) is 7.18. The number of fused-ring (bicyclic) bond motifs is 1. The number of pyridine rings is 1. The van der Waals surface area contributed by atoms with Crippen LogP contribution in [0, 0.1) is 11.8 Å². The van der Waals surface area contributed by atoms with E-state index < -0.39 is 0 Å². The van der Waals surface area contributed by atoms with Gasteiger partial charge in [0.1, 0.15) is 12.4 Å². The first-order valence-corrected chi connectivity index (χ1v) is 11.3. The summed E-state index contributed by atoms with van der Waals surface area (Å²) in [6, 6.07) is 11.2. The summed E-state index contributed by atoms with van der Waals surface area (Å²) in [5, 5.41) is 2.95. The Bertz CT molecular complexity index is 937. The van der Waals surface area contributed by atoms with E-state index in [-0.39, 0.29) is 48.6 Å². The van der Waals surface area contributed by atoms with Crippen molar-refractivity contribution in [3.05, 3.63) is 59.9 Å². The Balaban J connectivity index is 1.24. The van der Waals surface area contributed by atoms with Crippen LogP contribution in [-0.2, 0) is 21.0 Å². The molecule has 0 spiro atoms. The standard InChI is InChI=1S/C25H29N3O4/c1-17(19-8-10-20(11-9-19)32-16-18-5-4-13-26-15-18)27-23(29)12-14-28-24(30)21-6-2-3-7-22(21)25(28)31/h4-5,8-11,13,15,17,21-22H,2-3,6-7,12,14,16H2,1H3,(H,27,29). The molecule has 2 aromatic rings. The number of carbonyl (C=O) groups excluding carboxylic acids is 3. The van der Waals surface area contributed by atoms with Gasteiger partial charge in [0.15, 0.2) is 0 Å². The maximum Gasteiger partial charge on any atom is 0.233 e. The number of benzene rings is 1. The third-order valence-corrected chi connectivity index (χ3v) is 6.38. The molecule has 1 N–H and O–H groups in total. The van der Waals surface area contributed by atoms with Crippen molar-refractivity contribution in [3.63, 3.8) is 0 Å². The van der Waals surface area contributed by atoms with Crippen molar-refractivity contribution >= 4 is 17.7 Å². The first kappa shape index (κ1) is 22.0. The third kappa shape index (κ3) is 4.98. The number of imide groups is 1. The van der Waals surface area contributed by atoms with Crippen LogP contribution >= 0.6 is 0 Å². The zero-order valence-electron chi connectivity index (χ0n) is 18.3. The van der Waals surface area contributed by atoms with Gasteiger partial charge in [-0.1, -0.05) is 31.0 Å². The van der Waals surface area contributed by atoms with Gasteiger partial charge < -0.3 is 10.1 Å². The monoisotopic (exact) mass is 435 g/mol. The molecular formula is C25H29N3O4. The predicted molar refractivity (Wildman–Crippen MR) is 118 cm³/mol. The van der Waals surface area contributed by atoms with E-state index in [0.717, 1.165) is 42.6 Å². The molecule has 2 aliphatic rings. The van der Waals surface area contributed by atoms with E-state index in [0.29, 0.717) is 6.61 Å². The van der Waals surface area contributed by atoms with Crippen molar-refractivity contribution in [3.8, 4) is 5.75 Å². The average molecular weight is 436 g/mol. The molecule has 1 aromatic carbocycles. The molecule has 1 aliphatic heterocycles. The smallest absolute Gasteiger partial charge is 0.233 e. The molecule has 2 heterocycles. The van der Waals surface area contributed by atoms with E-state index >= 15 is 0 Å². The highest BCUT2D eigenvalue weighted by Gasteiger charge is 2.47. The van der Waals surface area contributed by atoms with Crippen LogP contribution in [0.25, 0.3) is 0 Å². The van der Waals surface area contributed by atoms with Gasteiger partial charge in [0.2, 0.25) is 17.7 Å². The van der Waals surface area contributed by atoms with E-state index in [1.165, 1.54) is 4.90 Å². The minimum Gasteiger partial charge on any atom is -0.489 e. The topological polar surface area (TPSA) is 88.6 Å². The lowest BCUT2D eigenvalue weighted by molar-refractivity contribution is -0.140. The number of nitrogens with zero attached hydrogens (tertiary/aromatic N) is 2. The second-order valence-electron chi connectivity index (χ2n) is 8.58. The maximum absolute atomic E-state index is 12.5. The van der Waals surface area contributed by atoms with Gasteiger partial charge in [-0.05, 0) is 43.5 Å². The molecule has 7 nitrogen and oxygen atoms in total. The highest BCUT2D eigenvalue weighted by Crippen LogP contribution is 2.38. The third-order valence-electron chi connectivity index (χ3n) is 6.38. The number of nitrogens with one attached hydrogen (secondary N) is 1. The summed E-state index contributed by atoms with van der Waals surface area (Å²) >= 11 is 0.